The molecule has 0 spiro atoms. The Hall–Kier alpha value is -1.02. The number of rotatable bonds is 3. The highest BCUT2D eigenvalue weighted by atomic mass is 35.5. The van der Waals surface area contributed by atoms with Crippen LogP contribution in [0.15, 0.2) is 30.3 Å². The number of halogens is 1. The van der Waals surface area contributed by atoms with Gasteiger partial charge in [0.05, 0.1) is 13.0 Å². The van der Waals surface area contributed by atoms with E-state index in [2.05, 4.69) is 0 Å². The average molecular weight is 201 g/mol. The van der Waals surface area contributed by atoms with Gasteiger partial charge in [0.15, 0.2) is 0 Å². The first kappa shape index (κ1) is 12.0. The van der Waals surface area contributed by atoms with Crippen molar-refractivity contribution < 1.29 is 9.53 Å². The van der Waals surface area contributed by atoms with Gasteiger partial charge in [0.2, 0.25) is 0 Å². The smallest absolute Gasteiger partial charge is 0.310 e. The molecule has 0 unspecified atom stereocenters. The summed E-state index contributed by atoms with van der Waals surface area (Å²) in [4.78, 5) is 11.0. The molecule has 0 atom stereocenters. The Morgan fingerprint density at radius 2 is 1.92 bits per heavy atom. The van der Waals surface area contributed by atoms with Gasteiger partial charge in [-0.25, -0.2) is 0 Å². The number of carbonyl (C=O) groups is 1. The predicted molar refractivity (Wildman–Crippen MR) is 54.0 cm³/mol. The molecule has 0 aliphatic rings. The largest absolute Gasteiger partial charge is 0.466 e. The first-order valence-corrected chi connectivity index (χ1v) is 4.02. The van der Waals surface area contributed by atoms with E-state index in [9.17, 15) is 4.79 Å². The maximum absolute atomic E-state index is 11.0. The number of carbonyl (C=O) groups excluding carboxylic acids is 1. The van der Waals surface area contributed by atoms with Gasteiger partial charge in [0, 0.05) is 0 Å². The van der Waals surface area contributed by atoms with Gasteiger partial charge >= 0.3 is 5.97 Å². The van der Waals surface area contributed by atoms with E-state index in [1.165, 1.54) is 0 Å². The van der Waals surface area contributed by atoms with Crippen molar-refractivity contribution in [1.29, 1.82) is 0 Å². The molecule has 0 saturated carbocycles. The van der Waals surface area contributed by atoms with Gasteiger partial charge < -0.3 is 4.74 Å². The van der Waals surface area contributed by atoms with E-state index in [0.717, 1.165) is 5.56 Å². The molecule has 72 valence electrons. The van der Waals surface area contributed by atoms with Crippen LogP contribution in [0.4, 0.5) is 0 Å². The molecule has 0 heterocycles. The second-order valence-corrected chi connectivity index (χ2v) is 2.47. The predicted octanol–water partition coefficient (Wildman–Crippen LogP) is 2.21. The van der Waals surface area contributed by atoms with Gasteiger partial charge in [-0.05, 0) is 12.5 Å². The summed E-state index contributed by atoms with van der Waals surface area (Å²) in [6, 6.07) is 9.58. The third-order valence-corrected chi connectivity index (χ3v) is 1.50. The highest BCUT2D eigenvalue weighted by Crippen LogP contribution is 2.00. The summed E-state index contributed by atoms with van der Waals surface area (Å²) >= 11 is 0. The zero-order valence-corrected chi connectivity index (χ0v) is 8.34. The van der Waals surface area contributed by atoms with E-state index in [1.54, 1.807) is 0 Å². The average Bonchev–Trinajstić information content (AvgIpc) is 2.06. The highest BCUT2D eigenvalue weighted by Gasteiger charge is 2.01. The first-order valence-electron chi connectivity index (χ1n) is 4.02. The van der Waals surface area contributed by atoms with E-state index in [1.807, 2.05) is 37.3 Å². The molecule has 0 N–H and O–H groups in total. The van der Waals surface area contributed by atoms with Crippen LogP contribution >= 0.6 is 12.4 Å². The highest BCUT2D eigenvalue weighted by molar-refractivity contribution is 5.85. The van der Waals surface area contributed by atoms with E-state index >= 15 is 0 Å². The molecule has 3 heteroatoms. The maximum Gasteiger partial charge on any atom is 0.310 e. The van der Waals surface area contributed by atoms with Crippen LogP contribution in [0.2, 0.25) is 0 Å². The Balaban J connectivity index is 0.00000144. The zero-order valence-electron chi connectivity index (χ0n) is 7.53. The number of ether oxygens (including phenoxy) is 1. The standard InChI is InChI=1S/C10H12O2.ClH/c1-2-12-10(11)8-9-6-4-3-5-7-9;/h3-7H,2,8H2,1H3;1H. The lowest BCUT2D eigenvalue weighted by atomic mass is 10.2. The Labute approximate surface area is 84.3 Å². The quantitative estimate of drug-likeness (QED) is 0.700. The molecule has 1 rings (SSSR count). The zero-order chi connectivity index (χ0) is 8.81. The fraction of sp³-hybridized carbons (Fsp3) is 0.300. The number of hydrogen-bond donors (Lipinski definition) is 0. The molecule has 0 amide bonds. The van der Waals surface area contributed by atoms with E-state index < -0.39 is 0 Å². The minimum absolute atomic E-state index is 0. The molecule has 0 aliphatic heterocycles. The van der Waals surface area contributed by atoms with Crippen LogP contribution in [0.1, 0.15) is 12.5 Å². The molecular weight excluding hydrogens is 188 g/mol. The normalized spacial score (nSPS) is 8.69. The number of esters is 1. The van der Waals surface area contributed by atoms with Gasteiger partial charge in [0.1, 0.15) is 0 Å². The molecule has 2 nitrogen and oxygen atoms in total. The van der Waals surface area contributed by atoms with E-state index in [4.69, 9.17) is 4.74 Å². The fourth-order valence-corrected chi connectivity index (χ4v) is 0.975. The van der Waals surface area contributed by atoms with Gasteiger partial charge in [-0.2, -0.15) is 0 Å². The van der Waals surface area contributed by atoms with Gasteiger partial charge in [-0.3, -0.25) is 4.79 Å². The molecule has 0 fully saturated rings. The Morgan fingerprint density at radius 3 is 2.46 bits per heavy atom. The summed E-state index contributed by atoms with van der Waals surface area (Å²) < 4.78 is 4.81. The molecule has 1 aromatic carbocycles. The molecule has 0 saturated heterocycles. The van der Waals surface area contributed by atoms with Crippen molar-refractivity contribution in [1.82, 2.24) is 0 Å². The Morgan fingerprint density at radius 1 is 1.31 bits per heavy atom. The first-order chi connectivity index (χ1) is 5.83. The third-order valence-electron chi connectivity index (χ3n) is 1.50. The lowest BCUT2D eigenvalue weighted by Crippen LogP contribution is -2.06. The van der Waals surface area contributed by atoms with Crippen LogP contribution in [0, 0.1) is 0 Å². The van der Waals surface area contributed by atoms with Crippen LogP contribution in [-0.2, 0) is 16.0 Å². The molecule has 13 heavy (non-hydrogen) atoms. The SMILES string of the molecule is CCOC(=O)Cc1ccccc1.Cl. The van der Waals surface area contributed by atoms with Gasteiger partial charge in [0.25, 0.3) is 0 Å². The summed E-state index contributed by atoms with van der Waals surface area (Å²) in [5.74, 6) is -0.163. The summed E-state index contributed by atoms with van der Waals surface area (Å²) in [6.45, 7) is 2.26. The Kier molecular flexibility index (Phi) is 5.98. The monoisotopic (exact) mass is 200 g/mol. The molecular formula is C10H13ClO2. The van der Waals surface area contributed by atoms with E-state index in [-0.39, 0.29) is 18.4 Å². The van der Waals surface area contributed by atoms with Crippen molar-refractivity contribution in [3.63, 3.8) is 0 Å². The van der Waals surface area contributed by atoms with Crippen molar-refractivity contribution in [2.24, 2.45) is 0 Å². The number of benzene rings is 1. The fourth-order valence-electron chi connectivity index (χ4n) is 0.975. The topological polar surface area (TPSA) is 26.3 Å². The molecule has 0 aromatic heterocycles. The minimum atomic E-state index is -0.163. The molecule has 0 radical (unpaired) electrons. The van der Waals surface area contributed by atoms with Crippen LogP contribution in [0.5, 0.6) is 0 Å². The number of hydrogen-bond acceptors (Lipinski definition) is 2. The van der Waals surface area contributed by atoms with Crippen molar-refractivity contribution in [3.8, 4) is 0 Å². The van der Waals surface area contributed by atoms with Crippen LogP contribution < -0.4 is 0 Å². The van der Waals surface area contributed by atoms with Gasteiger partial charge in [-0.15, -0.1) is 12.4 Å². The van der Waals surface area contributed by atoms with Crippen molar-refractivity contribution >= 4 is 18.4 Å². The van der Waals surface area contributed by atoms with Gasteiger partial charge in [-0.1, -0.05) is 30.3 Å². The van der Waals surface area contributed by atoms with E-state index in [0.29, 0.717) is 13.0 Å². The third kappa shape index (κ3) is 4.53. The van der Waals surface area contributed by atoms with Crippen LogP contribution in [0.3, 0.4) is 0 Å². The lowest BCUT2D eigenvalue weighted by molar-refractivity contribution is -0.142. The summed E-state index contributed by atoms with van der Waals surface area (Å²) in [5, 5.41) is 0. The minimum Gasteiger partial charge on any atom is -0.466 e. The molecule has 1 aromatic rings. The maximum atomic E-state index is 11.0. The Bertz CT molecular complexity index is 246. The molecule has 0 aliphatic carbocycles. The lowest BCUT2D eigenvalue weighted by Gasteiger charge is -2.00. The van der Waals surface area contributed by atoms with Crippen molar-refractivity contribution in [3.05, 3.63) is 35.9 Å². The van der Waals surface area contributed by atoms with Crippen LogP contribution in [0.25, 0.3) is 0 Å². The van der Waals surface area contributed by atoms with Crippen LogP contribution in [-0.4, -0.2) is 12.6 Å². The second kappa shape index (κ2) is 6.49. The second-order valence-electron chi connectivity index (χ2n) is 2.47. The molecule has 0 bridgehead atoms. The summed E-state index contributed by atoms with van der Waals surface area (Å²) in [7, 11) is 0. The summed E-state index contributed by atoms with van der Waals surface area (Å²) in [5.41, 5.74) is 0.996. The van der Waals surface area contributed by atoms with Crippen molar-refractivity contribution in [2.75, 3.05) is 6.61 Å². The van der Waals surface area contributed by atoms with Crippen molar-refractivity contribution in [2.45, 2.75) is 13.3 Å². The summed E-state index contributed by atoms with van der Waals surface area (Å²) in [6.07, 6.45) is 0.370.